The molecule has 5 N–H and O–H groups in total. The molecule has 98 valence electrons. The second-order valence-corrected chi connectivity index (χ2v) is 4.78. The van der Waals surface area contributed by atoms with Crippen LogP contribution in [0.5, 0.6) is 0 Å². The highest BCUT2D eigenvalue weighted by molar-refractivity contribution is 7.12. The van der Waals surface area contributed by atoms with Crippen molar-refractivity contribution >= 4 is 17.2 Å². The third-order valence-corrected chi connectivity index (χ3v) is 3.24. The summed E-state index contributed by atoms with van der Waals surface area (Å²) in [5, 5.41) is 2.71. The van der Waals surface area contributed by atoms with Crippen molar-refractivity contribution in [1.82, 2.24) is 15.3 Å². The highest BCUT2D eigenvalue weighted by Crippen LogP contribution is 2.15. The molecule has 2 aromatic heterocycles. The van der Waals surface area contributed by atoms with Crippen LogP contribution in [0.2, 0.25) is 0 Å². The SMILES string of the molecule is NCC#Cc1ccc(CNC(=O)c2c[nH]c(=O)[nH]2)s1. The summed E-state index contributed by atoms with van der Waals surface area (Å²) in [5.41, 5.74) is 5.10. The van der Waals surface area contributed by atoms with Gasteiger partial charge in [-0.05, 0) is 12.1 Å². The normalized spacial score (nSPS) is 9.74. The lowest BCUT2D eigenvalue weighted by Crippen LogP contribution is -2.23. The number of hydrogen-bond acceptors (Lipinski definition) is 4. The van der Waals surface area contributed by atoms with Gasteiger partial charge >= 0.3 is 5.69 Å². The Bertz CT molecular complexity index is 686. The van der Waals surface area contributed by atoms with Crippen LogP contribution in [0.4, 0.5) is 0 Å². The first-order valence-electron chi connectivity index (χ1n) is 5.52. The number of aromatic nitrogens is 2. The van der Waals surface area contributed by atoms with E-state index >= 15 is 0 Å². The number of carbonyl (C=O) groups is 1. The van der Waals surface area contributed by atoms with Crippen molar-refractivity contribution in [3.63, 3.8) is 0 Å². The standard InChI is InChI=1S/C12H12N4O2S/c13-5-1-2-8-3-4-9(19-8)6-14-11(17)10-7-15-12(18)16-10/h3-4,7H,5-6,13H2,(H,14,17)(H2,15,16,18). The molecule has 6 nitrogen and oxygen atoms in total. The van der Waals surface area contributed by atoms with Crippen LogP contribution in [-0.2, 0) is 6.54 Å². The number of H-pyrrole nitrogens is 2. The van der Waals surface area contributed by atoms with E-state index in [2.05, 4.69) is 27.1 Å². The number of nitrogens with one attached hydrogen (secondary N) is 3. The van der Waals surface area contributed by atoms with E-state index in [0.29, 0.717) is 13.1 Å². The number of aromatic amines is 2. The number of carbonyl (C=O) groups excluding carboxylic acids is 1. The number of rotatable bonds is 3. The molecule has 7 heteroatoms. The summed E-state index contributed by atoms with van der Waals surface area (Å²) < 4.78 is 0. The van der Waals surface area contributed by atoms with Crippen LogP contribution in [-0.4, -0.2) is 22.4 Å². The van der Waals surface area contributed by atoms with E-state index in [0.717, 1.165) is 9.75 Å². The zero-order valence-corrected chi connectivity index (χ0v) is 10.8. The average Bonchev–Trinajstić information content (AvgIpc) is 3.02. The fourth-order valence-corrected chi connectivity index (χ4v) is 2.22. The Morgan fingerprint density at radius 2 is 2.32 bits per heavy atom. The number of thiophene rings is 1. The van der Waals surface area contributed by atoms with E-state index in [-0.39, 0.29) is 11.6 Å². The van der Waals surface area contributed by atoms with E-state index in [1.807, 2.05) is 12.1 Å². The second kappa shape index (κ2) is 6.04. The van der Waals surface area contributed by atoms with Crippen molar-refractivity contribution in [2.75, 3.05) is 6.54 Å². The minimum absolute atomic E-state index is 0.213. The molecule has 0 radical (unpaired) electrons. The summed E-state index contributed by atoms with van der Waals surface area (Å²) in [7, 11) is 0. The van der Waals surface area contributed by atoms with Gasteiger partial charge in [-0.15, -0.1) is 11.3 Å². The first-order chi connectivity index (χ1) is 9.19. The summed E-state index contributed by atoms with van der Waals surface area (Å²) >= 11 is 1.49. The summed E-state index contributed by atoms with van der Waals surface area (Å²) in [5.74, 6) is 5.36. The lowest BCUT2D eigenvalue weighted by Gasteiger charge is -2.00. The summed E-state index contributed by atoms with van der Waals surface area (Å²) in [4.78, 5) is 29.2. The van der Waals surface area contributed by atoms with Gasteiger partial charge in [-0.25, -0.2) is 4.79 Å². The maximum absolute atomic E-state index is 11.7. The molecule has 0 aromatic carbocycles. The van der Waals surface area contributed by atoms with Gasteiger partial charge in [-0.1, -0.05) is 11.8 Å². The van der Waals surface area contributed by atoms with Crippen molar-refractivity contribution in [1.29, 1.82) is 0 Å². The van der Waals surface area contributed by atoms with Crippen LogP contribution < -0.4 is 16.7 Å². The van der Waals surface area contributed by atoms with E-state index in [1.165, 1.54) is 17.5 Å². The van der Waals surface area contributed by atoms with Crippen molar-refractivity contribution in [2.45, 2.75) is 6.54 Å². The molecule has 0 aliphatic rings. The van der Waals surface area contributed by atoms with Crippen LogP contribution in [0.15, 0.2) is 23.1 Å². The topological polar surface area (TPSA) is 104 Å². The van der Waals surface area contributed by atoms with Crippen molar-refractivity contribution in [3.05, 3.63) is 44.3 Å². The largest absolute Gasteiger partial charge is 0.346 e. The number of nitrogens with two attached hydrogens (primary N) is 1. The third-order valence-electron chi connectivity index (χ3n) is 2.24. The van der Waals surface area contributed by atoms with Gasteiger partial charge in [0.15, 0.2) is 0 Å². The van der Waals surface area contributed by atoms with E-state index < -0.39 is 5.69 Å². The molecule has 0 aliphatic heterocycles. The van der Waals surface area contributed by atoms with Gasteiger partial charge in [0, 0.05) is 11.1 Å². The smallest absolute Gasteiger partial charge is 0.323 e. The van der Waals surface area contributed by atoms with Crippen LogP contribution in [0.3, 0.4) is 0 Å². The Hall–Kier alpha value is -2.30. The van der Waals surface area contributed by atoms with Crippen molar-refractivity contribution in [2.24, 2.45) is 5.73 Å². The Kier molecular flexibility index (Phi) is 4.18. The molecule has 19 heavy (non-hydrogen) atoms. The predicted octanol–water partition coefficient (Wildman–Crippen LogP) is 0.00470. The highest BCUT2D eigenvalue weighted by atomic mass is 32.1. The van der Waals surface area contributed by atoms with Gasteiger partial charge < -0.3 is 21.0 Å². The van der Waals surface area contributed by atoms with Crippen LogP contribution in [0.25, 0.3) is 0 Å². The predicted molar refractivity (Wildman–Crippen MR) is 72.8 cm³/mol. The van der Waals surface area contributed by atoms with E-state index in [4.69, 9.17) is 5.73 Å². The van der Waals surface area contributed by atoms with Gasteiger partial charge in [0.25, 0.3) is 5.91 Å². The number of amides is 1. The van der Waals surface area contributed by atoms with Gasteiger partial charge in [-0.3, -0.25) is 4.79 Å². The zero-order valence-electron chi connectivity index (χ0n) is 9.95. The molecule has 1 amide bonds. The van der Waals surface area contributed by atoms with Crippen LogP contribution in [0.1, 0.15) is 20.2 Å². The third kappa shape index (κ3) is 3.58. The second-order valence-electron chi connectivity index (χ2n) is 3.61. The molecule has 0 bridgehead atoms. The van der Waals surface area contributed by atoms with Crippen LogP contribution in [0, 0.1) is 11.8 Å². The maximum Gasteiger partial charge on any atom is 0.323 e. The molecule has 0 spiro atoms. The van der Waals surface area contributed by atoms with E-state index in [1.54, 1.807) is 0 Å². The minimum atomic E-state index is -0.402. The Balaban J connectivity index is 1.93. The first kappa shape index (κ1) is 13.1. The fraction of sp³-hybridized carbons (Fsp3) is 0.167. The molecule has 0 aliphatic carbocycles. The zero-order chi connectivity index (χ0) is 13.7. The number of imidazole rings is 1. The van der Waals surface area contributed by atoms with Gasteiger partial charge in [0.2, 0.25) is 0 Å². The average molecular weight is 276 g/mol. The molecule has 0 atom stereocenters. The van der Waals surface area contributed by atoms with Gasteiger partial charge in [0.05, 0.1) is 18.0 Å². The molecule has 0 saturated carbocycles. The van der Waals surface area contributed by atoms with Crippen molar-refractivity contribution in [3.8, 4) is 11.8 Å². The minimum Gasteiger partial charge on any atom is -0.346 e. The monoisotopic (exact) mass is 276 g/mol. The maximum atomic E-state index is 11.7. The molecule has 0 fully saturated rings. The van der Waals surface area contributed by atoms with E-state index in [9.17, 15) is 9.59 Å². The molecule has 2 heterocycles. The summed E-state index contributed by atoms with van der Waals surface area (Å²) in [6, 6.07) is 3.78. The Labute approximate surface area is 113 Å². The van der Waals surface area contributed by atoms with Crippen molar-refractivity contribution < 1.29 is 4.79 Å². The lowest BCUT2D eigenvalue weighted by molar-refractivity contribution is 0.0946. The summed E-state index contributed by atoms with van der Waals surface area (Å²) in [6.45, 7) is 0.714. The number of hydrogen-bond donors (Lipinski definition) is 4. The summed E-state index contributed by atoms with van der Waals surface area (Å²) in [6.07, 6.45) is 1.34. The Morgan fingerprint density at radius 1 is 1.47 bits per heavy atom. The van der Waals surface area contributed by atoms with Gasteiger partial charge in [0.1, 0.15) is 5.69 Å². The molecule has 0 unspecified atom stereocenters. The molecule has 2 rings (SSSR count). The molecular weight excluding hydrogens is 264 g/mol. The highest BCUT2D eigenvalue weighted by Gasteiger charge is 2.07. The quantitative estimate of drug-likeness (QED) is 0.593. The Morgan fingerprint density at radius 3 is 3.00 bits per heavy atom. The molecule has 0 saturated heterocycles. The first-order valence-corrected chi connectivity index (χ1v) is 6.34. The lowest BCUT2D eigenvalue weighted by atomic mass is 10.4. The fourth-order valence-electron chi connectivity index (χ4n) is 1.40. The van der Waals surface area contributed by atoms with Gasteiger partial charge in [-0.2, -0.15) is 0 Å². The molecule has 2 aromatic rings. The molecular formula is C12H12N4O2S. The van der Waals surface area contributed by atoms with Crippen LogP contribution >= 0.6 is 11.3 Å².